The van der Waals surface area contributed by atoms with Gasteiger partial charge in [0.05, 0.1) is 11.6 Å². The van der Waals surface area contributed by atoms with Crippen molar-refractivity contribution in [3.63, 3.8) is 0 Å². The Morgan fingerprint density at radius 3 is 2.80 bits per heavy atom. The molecule has 0 amide bonds. The van der Waals surface area contributed by atoms with Gasteiger partial charge in [0.25, 0.3) is 0 Å². The van der Waals surface area contributed by atoms with E-state index in [1.165, 1.54) is 12.1 Å². The van der Waals surface area contributed by atoms with E-state index >= 15 is 0 Å². The number of halogens is 2. The quantitative estimate of drug-likeness (QED) is 0.815. The lowest BCUT2D eigenvalue weighted by Crippen LogP contribution is -2.31. The molecule has 0 bridgehead atoms. The Bertz CT molecular complexity index is 315. The van der Waals surface area contributed by atoms with Crippen molar-refractivity contribution in [2.24, 2.45) is 0 Å². The largest absolute Gasteiger partial charge is 0.395 e. The predicted molar refractivity (Wildman–Crippen MR) is 59.4 cm³/mol. The number of hydrogen-bond acceptors (Lipinski definition) is 2. The molecule has 84 valence electrons. The number of rotatable bonds is 5. The lowest BCUT2D eigenvalue weighted by Gasteiger charge is -2.13. The van der Waals surface area contributed by atoms with Crippen molar-refractivity contribution in [2.45, 2.75) is 25.9 Å². The zero-order chi connectivity index (χ0) is 11.3. The normalized spacial score (nSPS) is 12.8. The Kier molecular flexibility index (Phi) is 5.02. The van der Waals surface area contributed by atoms with Crippen molar-refractivity contribution >= 4 is 11.6 Å². The summed E-state index contributed by atoms with van der Waals surface area (Å²) in [5.74, 6) is -0.409. The first kappa shape index (κ1) is 12.4. The standard InChI is InChI=1S/C11H15ClFNO/c1-2-9(7-15)14-6-8-3-4-10(12)11(13)5-8/h3-5,9,14-15H,2,6-7H2,1H3/t9-/m0/s1. The highest BCUT2D eigenvalue weighted by molar-refractivity contribution is 6.30. The predicted octanol–water partition coefficient (Wildman–Crippen LogP) is 2.34. The molecule has 2 N–H and O–H groups in total. The maximum Gasteiger partial charge on any atom is 0.142 e. The molecule has 0 aromatic heterocycles. The van der Waals surface area contributed by atoms with Crippen LogP contribution in [0.5, 0.6) is 0 Å². The van der Waals surface area contributed by atoms with Gasteiger partial charge in [-0.2, -0.15) is 0 Å². The smallest absolute Gasteiger partial charge is 0.142 e. The molecule has 0 aliphatic rings. The summed E-state index contributed by atoms with van der Waals surface area (Å²) in [5, 5.41) is 12.2. The number of hydrogen-bond donors (Lipinski definition) is 2. The molecule has 0 spiro atoms. The number of nitrogens with one attached hydrogen (secondary N) is 1. The second kappa shape index (κ2) is 6.05. The first-order chi connectivity index (χ1) is 7.17. The highest BCUT2D eigenvalue weighted by Crippen LogP contribution is 2.15. The molecule has 0 aliphatic carbocycles. The lowest BCUT2D eigenvalue weighted by molar-refractivity contribution is 0.238. The summed E-state index contributed by atoms with van der Waals surface area (Å²) in [6, 6.07) is 4.76. The van der Waals surface area contributed by atoms with Crippen LogP contribution in [0.1, 0.15) is 18.9 Å². The van der Waals surface area contributed by atoms with Crippen molar-refractivity contribution in [1.29, 1.82) is 0 Å². The van der Waals surface area contributed by atoms with Crippen LogP contribution in [0.15, 0.2) is 18.2 Å². The Hall–Kier alpha value is -0.640. The van der Waals surface area contributed by atoms with Gasteiger partial charge in [0.1, 0.15) is 5.82 Å². The number of benzene rings is 1. The van der Waals surface area contributed by atoms with E-state index in [0.717, 1.165) is 12.0 Å². The second-order valence-corrected chi connectivity index (χ2v) is 3.82. The summed E-state index contributed by atoms with van der Waals surface area (Å²) in [6.07, 6.45) is 0.840. The number of aliphatic hydroxyl groups excluding tert-OH is 1. The molecule has 0 saturated heterocycles. The number of aliphatic hydroxyl groups is 1. The van der Waals surface area contributed by atoms with Gasteiger partial charge in [0, 0.05) is 12.6 Å². The molecule has 0 aliphatic heterocycles. The Morgan fingerprint density at radius 1 is 1.53 bits per heavy atom. The van der Waals surface area contributed by atoms with E-state index in [-0.39, 0.29) is 17.7 Å². The van der Waals surface area contributed by atoms with Crippen LogP contribution in [0.2, 0.25) is 5.02 Å². The summed E-state index contributed by atoms with van der Waals surface area (Å²) in [6.45, 7) is 2.61. The van der Waals surface area contributed by atoms with Gasteiger partial charge in [0.15, 0.2) is 0 Å². The molecule has 0 radical (unpaired) electrons. The molecule has 0 saturated carbocycles. The summed E-state index contributed by atoms with van der Waals surface area (Å²) in [5.41, 5.74) is 0.823. The van der Waals surface area contributed by atoms with E-state index in [1.807, 2.05) is 6.92 Å². The molecule has 1 aromatic carbocycles. The van der Waals surface area contributed by atoms with Crippen LogP contribution in [-0.2, 0) is 6.54 Å². The Labute approximate surface area is 94.1 Å². The fourth-order valence-electron chi connectivity index (χ4n) is 1.25. The molecule has 0 fully saturated rings. The average molecular weight is 232 g/mol. The molecule has 1 aromatic rings. The third-order valence-electron chi connectivity index (χ3n) is 2.29. The van der Waals surface area contributed by atoms with E-state index in [9.17, 15) is 4.39 Å². The molecule has 2 nitrogen and oxygen atoms in total. The van der Waals surface area contributed by atoms with Crippen LogP contribution in [0, 0.1) is 5.82 Å². The van der Waals surface area contributed by atoms with Crippen LogP contribution < -0.4 is 5.32 Å². The minimum Gasteiger partial charge on any atom is -0.395 e. The maximum absolute atomic E-state index is 13.1. The maximum atomic E-state index is 13.1. The van der Waals surface area contributed by atoms with E-state index in [2.05, 4.69) is 5.32 Å². The van der Waals surface area contributed by atoms with Crippen LogP contribution in [0.3, 0.4) is 0 Å². The zero-order valence-electron chi connectivity index (χ0n) is 8.63. The molecule has 0 heterocycles. The van der Waals surface area contributed by atoms with E-state index in [4.69, 9.17) is 16.7 Å². The van der Waals surface area contributed by atoms with Crippen molar-refractivity contribution in [2.75, 3.05) is 6.61 Å². The van der Waals surface area contributed by atoms with E-state index < -0.39 is 5.82 Å². The highest BCUT2D eigenvalue weighted by atomic mass is 35.5. The lowest BCUT2D eigenvalue weighted by atomic mass is 10.2. The molecular formula is C11H15ClFNO. The van der Waals surface area contributed by atoms with Crippen LogP contribution in [-0.4, -0.2) is 17.8 Å². The van der Waals surface area contributed by atoms with Gasteiger partial charge in [0.2, 0.25) is 0 Å². The zero-order valence-corrected chi connectivity index (χ0v) is 9.39. The van der Waals surface area contributed by atoms with E-state index in [1.54, 1.807) is 6.07 Å². The van der Waals surface area contributed by atoms with Crippen LogP contribution in [0.4, 0.5) is 4.39 Å². The van der Waals surface area contributed by atoms with Gasteiger partial charge < -0.3 is 10.4 Å². The fraction of sp³-hybridized carbons (Fsp3) is 0.455. The van der Waals surface area contributed by atoms with Gasteiger partial charge in [-0.15, -0.1) is 0 Å². The summed E-state index contributed by atoms with van der Waals surface area (Å²) >= 11 is 5.56. The van der Waals surface area contributed by atoms with Crippen molar-refractivity contribution < 1.29 is 9.50 Å². The Morgan fingerprint density at radius 2 is 2.27 bits per heavy atom. The van der Waals surface area contributed by atoms with E-state index in [0.29, 0.717) is 6.54 Å². The first-order valence-corrected chi connectivity index (χ1v) is 5.33. The minimum absolute atomic E-state index is 0.0590. The van der Waals surface area contributed by atoms with Gasteiger partial charge in [-0.25, -0.2) is 4.39 Å². The SMILES string of the molecule is CC[C@@H](CO)NCc1ccc(Cl)c(F)c1. The summed E-state index contributed by atoms with van der Waals surface area (Å²) < 4.78 is 13.1. The van der Waals surface area contributed by atoms with Crippen LogP contribution >= 0.6 is 11.6 Å². The van der Waals surface area contributed by atoms with Gasteiger partial charge in [-0.05, 0) is 24.1 Å². The molecule has 4 heteroatoms. The minimum atomic E-state index is -0.409. The third-order valence-corrected chi connectivity index (χ3v) is 2.60. The monoisotopic (exact) mass is 231 g/mol. The molecular weight excluding hydrogens is 217 g/mol. The highest BCUT2D eigenvalue weighted by Gasteiger charge is 2.05. The topological polar surface area (TPSA) is 32.3 Å². The second-order valence-electron chi connectivity index (χ2n) is 3.42. The van der Waals surface area contributed by atoms with Crippen molar-refractivity contribution in [1.82, 2.24) is 5.32 Å². The van der Waals surface area contributed by atoms with Crippen molar-refractivity contribution in [3.8, 4) is 0 Å². The molecule has 1 atom stereocenters. The first-order valence-electron chi connectivity index (χ1n) is 4.95. The fourth-order valence-corrected chi connectivity index (χ4v) is 1.37. The molecule has 0 unspecified atom stereocenters. The van der Waals surface area contributed by atoms with Crippen molar-refractivity contribution in [3.05, 3.63) is 34.6 Å². The third kappa shape index (κ3) is 3.78. The van der Waals surface area contributed by atoms with Gasteiger partial charge >= 0.3 is 0 Å². The van der Waals surface area contributed by atoms with Crippen LogP contribution in [0.25, 0.3) is 0 Å². The average Bonchev–Trinajstić information content (AvgIpc) is 2.24. The molecule has 15 heavy (non-hydrogen) atoms. The summed E-state index contributed by atoms with van der Waals surface area (Å²) in [4.78, 5) is 0. The van der Waals surface area contributed by atoms with Gasteiger partial charge in [-0.1, -0.05) is 24.6 Å². The van der Waals surface area contributed by atoms with Gasteiger partial charge in [-0.3, -0.25) is 0 Å². The summed E-state index contributed by atoms with van der Waals surface area (Å²) in [7, 11) is 0. The Balaban J connectivity index is 2.54. The molecule has 1 rings (SSSR count).